The van der Waals surface area contributed by atoms with Gasteiger partial charge in [-0.05, 0) is 26.2 Å². The second-order valence-electron chi connectivity index (χ2n) is 5.27. The molecule has 0 bridgehead atoms. The predicted octanol–water partition coefficient (Wildman–Crippen LogP) is 2.33. The fraction of sp³-hybridized carbons (Fsp3) is 0.615. The second kappa shape index (κ2) is 4.55. The first-order chi connectivity index (χ1) is 8.43. The van der Waals surface area contributed by atoms with E-state index in [0.717, 1.165) is 17.9 Å². The van der Waals surface area contributed by atoms with Gasteiger partial charge in [-0.3, -0.25) is 0 Å². The minimum Gasteiger partial charge on any atom is -0.480 e. The molecule has 1 heterocycles. The van der Waals surface area contributed by atoms with Gasteiger partial charge in [0.1, 0.15) is 17.2 Å². The van der Waals surface area contributed by atoms with E-state index in [1.165, 1.54) is 0 Å². The molecule has 0 spiro atoms. The van der Waals surface area contributed by atoms with Crippen LogP contribution in [-0.2, 0) is 4.79 Å². The molecule has 1 saturated carbocycles. The first kappa shape index (κ1) is 12.8. The van der Waals surface area contributed by atoms with Crippen molar-refractivity contribution in [3.8, 4) is 0 Å². The Kier molecular flexibility index (Phi) is 3.24. The van der Waals surface area contributed by atoms with Crippen LogP contribution in [0.2, 0.25) is 0 Å². The lowest BCUT2D eigenvalue weighted by atomic mass is 9.77. The highest BCUT2D eigenvalue weighted by molar-refractivity contribution is 5.83. The number of carbonyl (C=O) groups is 1. The van der Waals surface area contributed by atoms with Crippen molar-refractivity contribution in [1.29, 1.82) is 0 Å². The summed E-state index contributed by atoms with van der Waals surface area (Å²) in [6.45, 7) is 5.94. The van der Waals surface area contributed by atoms with Crippen LogP contribution in [0, 0.1) is 6.92 Å². The van der Waals surface area contributed by atoms with E-state index in [9.17, 15) is 9.90 Å². The van der Waals surface area contributed by atoms with Crippen molar-refractivity contribution in [2.45, 2.75) is 51.5 Å². The van der Waals surface area contributed by atoms with E-state index >= 15 is 0 Å². The summed E-state index contributed by atoms with van der Waals surface area (Å²) in [6, 6.07) is 1.80. The van der Waals surface area contributed by atoms with Gasteiger partial charge in [0.2, 0.25) is 0 Å². The molecule has 0 atom stereocenters. The van der Waals surface area contributed by atoms with Crippen LogP contribution in [0.25, 0.3) is 0 Å². The highest BCUT2D eigenvalue weighted by atomic mass is 16.4. The number of aromatic nitrogens is 2. The summed E-state index contributed by atoms with van der Waals surface area (Å²) >= 11 is 0. The Labute approximate surface area is 107 Å². The zero-order valence-corrected chi connectivity index (χ0v) is 11.0. The number of carboxylic acids is 1. The van der Waals surface area contributed by atoms with E-state index in [-0.39, 0.29) is 5.92 Å². The van der Waals surface area contributed by atoms with Crippen LogP contribution < -0.4 is 5.32 Å². The van der Waals surface area contributed by atoms with Gasteiger partial charge < -0.3 is 10.4 Å². The SMILES string of the molecule is Cc1cc(NC2(C(=O)O)CCC2)nc(C(C)C)n1. The van der Waals surface area contributed by atoms with Crippen molar-refractivity contribution in [3.05, 3.63) is 17.6 Å². The molecule has 98 valence electrons. The maximum absolute atomic E-state index is 11.3. The van der Waals surface area contributed by atoms with Gasteiger partial charge in [0, 0.05) is 17.7 Å². The smallest absolute Gasteiger partial charge is 0.329 e. The molecule has 1 aromatic heterocycles. The third kappa shape index (κ3) is 2.30. The van der Waals surface area contributed by atoms with Crippen molar-refractivity contribution in [1.82, 2.24) is 9.97 Å². The zero-order chi connectivity index (χ0) is 13.3. The third-order valence-corrected chi connectivity index (χ3v) is 3.37. The highest BCUT2D eigenvalue weighted by Crippen LogP contribution is 2.35. The van der Waals surface area contributed by atoms with Crippen LogP contribution in [0.3, 0.4) is 0 Å². The van der Waals surface area contributed by atoms with Gasteiger partial charge in [-0.1, -0.05) is 13.8 Å². The van der Waals surface area contributed by atoms with E-state index in [1.807, 2.05) is 20.8 Å². The predicted molar refractivity (Wildman–Crippen MR) is 68.7 cm³/mol. The molecule has 0 unspecified atom stereocenters. The molecule has 0 aromatic carbocycles. The molecular formula is C13H19N3O2. The summed E-state index contributed by atoms with van der Waals surface area (Å²) in [5.74, 6) is 0.800. The lowest BCUT2D eigenvalue weighted by molar-refractivity contribution is -0.145. The van der Waals surface area contributed by atoms with E-state index in [1.54, 1.807) is 6.07 Å². The zero-order valence-electron chi connectivity index (χ0n) is 11.0. The van der Waals surface area contributed by atoms with Gasteiger partial charge in [0.25, 0.3) is 0 Å². The quantitative estimate of drug-likeness (QED) is 0.856. The van der Waals surface area contributed by atoms with E-state index < -0.39 is 11.5 Å². The van der Waals surface area contributed by atoms with Crippen molar-refractivity contribution in [3.63, 3.8) is 0 Å². The molecule has 0 amide bonds. The molecule has 2 rings (SSSR count). The molecule has 18 heavy (non-hydrogen) atoms. The minimum atomic E-state index is -0.824. The molecule has 0 saturated heterocycles. The normalized spacial score (nSPS) is 17.3. The van der Waals surface area contributed by atoms with E-state index in [2.05, 4.69) is 15.3 Å². The minimum absolute atomic E-state index is 0.229. The Hall–Kier alpha value is -1.65. The molecule has 1 aliphatic carbocycles. The standard InChI is InChI=1S/C13H19N3O2/c1-8(2)11-14-9(3)7-10(15-11)16-13(12(17)18)5-4-6-13/h7-8H,4-6H2,1-3H3,(H,17,18)(H,14,15,16). The van der Waals surface area contributed by atoms with Crippen molar-refractivity contribution in [2.24, 2.45) is 0 Å². The topological polar surface area (TPSA) is 75.1 Å². The fourth-order valence-electron chi connectivity index (χ4n) is 2.08. The molecule has 5 heteroatoms. The maximum Gasteiger partial charge on any atom is 0.329 e. The summed E-state index contributed by atoms with van der Waals surface area (Å²) in [7, 11) is 0. The summed E-state index contributed by atoms with van der Waals surface area (Å²) in [5, 5.41) is 12.4. The molecule has 0 aliphatic heterocycles. The van der Waals surface area contributed by atoms with Gasteiger partial charge in [-0.15, -0.1) is 0 Å². The number of hydrogen-bond acceptors (Lipinski definition) is 4. The maximum atomic E-state index is 11.3. The summed E-state index contributed by atoms with van der Waals surface area (Å²) in [6.07, 6.45) is 2.26. The summed E-state index contributed by atoms with van der Waals surface area (Å²) in [5.41, 5.74) is 0.0331. The average Bonchev–Trinajstić information content (AvgIpc) is 2.22. The van der Waals surface area contributed by atoms with Gasteiger partial charge in [-0.2, -0.15) is 0 Å². The van der Waals surface area contributed by atoms with Crippen LogP contribution >= 0.6 is 0 Å². The second-order valence-corrected chi connectivity index (χ2v) is 5.27. The lowest BCUT2D eigenvalue weighted by Gasteiger charge is -2.38. The molecule has 2 N–H and O–H groups in total. The van der Waals surface area contributed by atoms with Gasteiger partial charge in [0.15, 0.2) is 0 Å². The van der Waals surface area contributed by atoms with Crippen LogP contribution in [0.5, 0.6) is 0 Å². The van der Waals surface area contributed by atoms with E-state index in [4.69, 9.17) is 0 Å². The average molecular weight is 249 g/mol. The largest absolute Gasteiger partial charge is 0.480 e. The molecule has 1 aromatic rings. The van der Waals surface area contributed by atoms with Gasteiger partial charge in [-0.25, -0.2) is 14.8 Å². The Balaban J connectivity index is 2.26. The fourth-order valence-corrected chi connectivity index (χ4v) is 2.08. The van der Waals surface area contributed by atoms with Crippen LogP contribution in [0.4, 0.5) is 5.82 Å². The van der Waals surface area contributed by atoms with Crippen molar-refractivity contribution >= 4 is 11.8 Å². The first-order valence-electron chi connectivity index (χ1n) is 6.30. The molecular weight excluding hydrogens is 230 g/mol. The first-order valence-corrected chi connectivity index (χ1v) is 6.30. The van der Waals surface area contributed by atoms with Crippen molar-refractivity contribution < 1.29 is 9.90 Å². The monoisotopic (exact) mass is 249 g/mol. The summed E-state index contributed by atoms with van der Waals surface area (Å²) < 4.78 is 0. The number of nitrogens with zero attached hydrogens (tertiary/aromatic N) is 2. The number of aryl methyl sites for hydroxylation is 1. The molecule has 5 nitrogen and oxygen atoms in total. The van der Waals surface area contributed by atoms with Crippen LogP contribution in [0.15, 0.2) is 6.07 Å². The highest BCUT2D eigenvalue weighted by Gasteiger charge is 2.44. The number of aliphatic carboxylic acids is 1. The lowest BCUT2D eigenvalue weighted by Crippen LogP contribution is -2.52. The number of rotatable bonds is 4. The molecule has 1 fully saturated rings. The Morgan fingerprint density at radius 1 is 1.44 bits per heavy atom. The van der Waals surface area contributed by atoms with Gasteiger partial charge >= 0.3 is 5.97 Å². The van der Waals surface area contributed by atoms with Crippen LogP contribution in [0.1, 0.15) is 50.5 Å². The molecule has 0 radical (unpaired) electrons. The summed E-state index contributed by atoms with van der Waals surface area (Å²) in [4.78, 5) is 20.1. The van der Waals surface area contributed by atoms with Gasteiger partial charge in [0.05, 0.1) is 0 Å². The van der Waals surface area contributed by atoms with Crippen LogP contribution in [-0.4, -0.2) is 26.6 Å². The number of anilines is 1. The Bertz CT molecular complexity index is 467. The number of hydrogen-bond donors (Lipinski definition) is 2. The number of carboxylic acid groups (broad SMARTS) is 1. The number of nitrogens with one attached hydrogen (secondary N) is 1. The Morgan fingerprint density at radius 3 is 2.56 bits per heavy atom. The Morgan fingerprint density at radius 2 is 2.11 bits per heavy atom. The van der Waals surface area contributed by atoms with E-state index in [0.29, 0.717) is 18.7 Å². The molecule has 1 aliphatic rings. The third-order valence-electron chi connectivity index (χ3n) is 3.37. The van der Waals surface area contributed by atoms with Crippen molar-refractivity contribution in [2.75, 3.05) is 5.32 Å².